The number of ether oxygens (including phenoxy) is 2. The monoisotopic (exact) mass is 504 g/mol. The largest absolute Gasteiger partial charge is 0.488 e. The summed E-state index contributed by atoms with van der Waals surface area (Å²) in [5.74, 6) is -0.690. The van der Waals surface area contributed by atoms with Crippen LogP contribution in [0.5, 0.6) is 11.5 Å². The van der Waals surface area contributed by atoms with Crippen LogP contribution in [0.4, 0.5) is 0 Å². The van der Waals surface area contributed by atoms with Gasteiger partial charge in [-0.2, -0.15) is 0 Å². The van der Waals surface area contributed by atoms with Gasteiger partial charge in [-0.25, -0.2) is 0 Å². The molecule has 0 saturated carbocycles. The predicted octanol–water partition coefficient (Wildman–Crippen LogP) is 5.71. The van der Waals surface area contributed by atoms with E-state index in [9.17, 15) is 19.5 Å². The summed E-state index contributed by atoms with van der Waals surface area (Å²) in [6.45, 7) is 2.29. The molecule has 6 nitrogen and oxygen atoms in total. The molecule has 0 atom stereocenters. The van der Waals surface area contributed by atoms with Gasteiger partial charge in [0.15, 0.2) is 11.6 Å². The lowest BCUT2D eigenvalue weighted by Crippen LogP contribution is -2.37. The third-order valence-corrected chi connectivity index (χ3v) is 7.62. The molecule has 0 unspecified atom stereocenters. The number of rotatable bonds is 4. The van der Waals surface area contributed by atoms with Gasteiger partial charge in [-0.15, -0.1) is 0 Å². The quantitative estimate of drug-likeness (QED) is 0.383. The van der Waals surface area contributed by atoms with Crippen molar-refractivity contribution in [1.82, 2.24) is 0 Å². The minimum absolute atomic E-state index is 0.192. The van der Waals surface area contributed by atoms with Crippen molar-refractivity contribution in [2.75, 3.05) is 0 Å². The number of hydrogen-bond acceptors (Lipinski definition) is 5. The Morgan fingerprint density at radius 3 is 1.58 bits per heavy atom. The van der Waals surface area contributed by atoms with E-state index in [0.717, 1.165) is 11.1 Å². The minimum atomic E-state index is -1.51. The van der Waals surface area contributed by atoms with E-state index < -0.39 is 11.4 Å². The summed E-state index contributed by atoms with van der Waals surface area (Å²) in [4.78, 5) is 40.1. The number of fused-ring (bicyclic) bond motifs is 4. The Morgan fingerprint density at radius 1 is 0.711 bits per heavy atom. The molecule has 6 heteroatoms. The highest BCUT2D eigenvalue weighted by Crippen LogP contribution is 2.42. The second-order valence-electron chi connectivity index (χ2n) is 9.54. The van der Waals surface area contributed by atoms with E-state index >= 15 is 0 Å². The first-order valence-corrected chi connectivity index (χ1v) is 12.5. The maximum Gasteiger partial charge on any atom is 0.318 e. The molecule has 0 saturated heterocycles. The lowest BCUT2D eigenvalue weighted by Gasteiger charge is -2.30. The van der Waals surface area contributed by atoms with Crippen LogP contribution in [0.2, 0.25) is 0 Å². The van der Waals surface area contributed by atoms with Gasteiger partial charge in [0, 0.05) is 22.3 Å². The molecule has 188 valence electrons. The van der Waals surface area contributed by atoms with Crippen LogP contribution in [0.15, 0.2) is 84.9 Å². The molecular weight excluding hydrogens is 480 g/mol. The number of carboxylic acids is 1. The second kappa shape index (κ2) is 8.99. The Balaban J connectivity index is 1.51. The zero-order valence-electron chi connectivity index (χ0n) is 20.7. The molecule has 2 heterocycles. The van der Waals surface area contributed by atoms with Crippen LogP contribution in [-0.2, 0) is 23.4 Å². The first-order chi connectivity index (χ1) is 18.4. The van der Waals surface area contributed by atoms with Gasteiger partial charge in [0.05, 0.1) is 11.1 Å². The molecule has 0 aliphatic carbocycles. The molecule has 2 aliphatic rings. The molecule has 0 amide bonds. The number of aliphatic carboxylic acids is 1. The van der Waals surface area contributed by atoms with Gasteiger partial charge in [-0.3, -0.25) is 14.4 Å². The molecule has 6 rings (SSSR count). The number of carbonyl (C=O) groups excluding carboxylic acids is 2. The average Bonchev–Trinajstić information content (AvgIpc) is 3.18. The van der Waals surface area contributed by atoms with Crippen LogP contribution in [0, 0.1) is 0 Å². The van der Waals surface area contributed by atoms with E-state index in [0.29, 0.717) is 44.9 Å². The summed E-state index contributed by atoms with van der Waals surface area (Å²) >= 11 is 0. The third-order valence-electron chi connectivity index (χ3n) is 7.62. The highest BCUT2D eigenvalue weighted by atomic mass is 16.5. The molecule has 0 spiro atoms. The van der Waals surface area contributed by atoms with Gasteiger partial charge in [0.1, 0.15) is 30.1 Å². The summed E-state index contributed by atoms with van der Waals surface area (Å²) in [7, 11) is 0. The summed E-state index contributed by atoms with van der Waals surface area (Å²) < 4.78 is 11.8. The number of ketones is 2. The lowest BCUT2D eigenvalue weighted by molar-refractivity contribution is -0.142. The van der Waals surface area contributed by atoms with E-state index in [2.05, 4.69) is 0 Å². The van der Waals surface area contributed by atoms with Crippen molar-refractivity contribution < 1.29 is 29.0 Å². The van der Waals surface area contributed by atoms with Crippen LogP contribution in [0.1, 0.15) is 67.4 Å². The normalized spacial score (nSPS) is 14.0. The predicted molar refractivity (Wildman–Crippen MR) is 140 cm³/mol. The molecule has 0 aromatic heterocycles. The molecule has 38 heavy (non-hydrogen) atoms. The smallest absolute Gasteiger partial charge is 0.318 e. The van der Waals surface area contributed by atoms with E-state index in [1.165, 1.54) is 0 Å². The fourth-order valence-electron chi connectivity index (χ4n) is 5.51. The van der Waals surface area contributed by atoms with Crippen LogP contribution in [-0.4, -0.2) is 22.6 Å². The van der Waals surface area contributed by atoms with Crippen molar-refractivity contribution in [3.05, 3.63) is 129 Å². The standard InChI is InChI=1S/C32H24O6/c1-2-32(31(35)36,21-11-13-27-25(15-21)29(33)23-9-5-3-7-19(23)17-37-27)22-12-14-28-26(16-22)30(34)24-10-6-4-8-20(24)18-38-28/h3-16H,2,17-18H2,1H3,(H,35,36). The van der Waals surface area contributed by atoms with E-state index in [4.69, 9.17) is 9.47 Å². The summed E-state index contributed by atoms with van der Waals surface area (Å²) in [5.41, 5.74) is 2.61. The number of carboxylic acid groups (broad SMARTS) is 1. The first kappa shape index (κ1) is 23.7. The molecule has 0 fully saturated rings. The van der Waals surface area contributed by atoms with Gasteiger partial charge in [0.25, 0.3) is 0 Å². The molecule has 2 aliphatic heterocycles. The highest BCUT2D eigenvalue weighted by Gasteiger charge is 2.42. The summed E-state index contributed by atoms with van der Waals surface area (Å²) in [6.07, 6.45) is 0.192. The number of benzene rings is 4. The van der Waals surface area contributed by atoms with Gasteiger partial charge < -0.3 is 14.6 Å². The van der Waals surface area contributed by atoms with Gasteiger partial charge >= 0.3 is 5.97 Å². The van der Waals surface area contributed by atoms with Crippen molar-refractivity contribution in [1.29, 1.82) is 0 Å². The Labute approximate surface area is 219 Å². The van der Waals surface area contributed by atoms with Crippen molar-refractivity contribution in [2.24, 2.45) is 0 Å². The van der Waals surface area contributed by atoms with Gasteiger partial charge in [-0.05, 0) is 41.8 Å². The average molecular weight is 505 g/mol. The zero-order valence-corrected chi connectivity index (χ0v) is 20.7. The van der Waals surface area contributed by atoms with Gasteiger partial charge in [0.2, 0.25) is 0 Å². The Bertz CT molecular complexity index is 1520. The fraction of sp³-hybridized carbons (Fsp3) is 0.156. The maximum absolute atomic E-state index is 13.5. The van der Waals surface area contributed by atoms with Crippen molar-refractivity contribution in [3.8, 4) is 11.5 Å². The van der Waals surface area contributed by atoms with E-state index in [-0.39, 0.29) is 31.2 Å². The van der Waals surface area contributed by atoms with Crippen LogP contribution < -0.4 is 9.47 Å². The number of hydrogen-bond donors (Lipinski definition) is 1. The first-order valence-electron chi connectivity index (χ1n) is 12.5. The highest BCUT2D eigenvalue weighted by molar-refractivity contribution is 6.13. The summed E-state index contributed by atoms with van der Waals surface area (Å²) in [5, 5.41) is 10.7. The van der Waals surface area contributed by atoms with Crippen LogP contribution in [0.25, 0.3) is 0 Å². The molecule has 4 aromatic rings. The SMILES string of the molecule is CCC(C(=O)O)(c1ccc2c(c1)C(=O)c1ccccc1CO2)c1ccc2c(c1)C(=O)c1ccccc1CO2. The Kier molecular flexibility index (Phi) is 5.60. The topological polar surface area (TPSA) is 89.9 Å². The molecule has 4 aromatic carbocycles. The molecule has 0 bridgehead atoms. The lowest BCUT2D eigenvalue weighted by atomic mass is 9.71. The van der Waals surface area contributed by atoms with Crippen molar-refractivity contribution >= 4 is 17.5 Å². The van der Waals surface area contributed by atoms with E-state index in [1.807, 2.05) is 24.3 Å². The molecular formula is C32H24O6. The van der Waals surface area contributed by atoms with Crippen LogP contribution >= 0.6 is 0 Å². The fourth-order valence-corrected chi connectivity index (χ4v) is 5.51. The Morgan fingerprint density at radius 2 is 1.16 bits per heavy atom. The van der Waals surface area contributed by atoms with Crippen molar-refractivity contribution in [2.45, 2.75) is 32.0 Å². The van der Waals surface area contributed by atoms with Gasteiger partial charge in [-0.1, -0.05) is 67.6 Å². The van der Waals surface area contributed by atoms with Crippen LogP contribution in [0.3, 0.4) is 0 Å². The molecule has 1 N–H and O–H groups in total. The van der Waals surface area contributed by atoms with E-state index in [1.54, 1.807) is 67.6 Å². The zero-order chi connectivity index (χ0) is 26.4. The second-order valence-corrected chi connectivity index (χ2v) is 9.54. The Hall–Kier alpha value is -4.71. The third kappa shape index (κ3) is 3.52. The minimum Gasteiger partial charge on any atom is -0.488 e. The summed E-state index contributed by atoms with van der Waals surface area (Å²) in [6, 6.07) is 24.5. The molecule has 0 radical (unpaired) electrons. The number of carbonyl (C=O) groups is 3. The maximum atomic E-state index is 13.5. The van der Waals surface area contributed by atoms with Crippen molar-refractivity contribution in [3.63, 3.8) is 0 Å².